The summed E-state index contributed by atoms with van der Waals surface area (Å²) >= 11 is 0. The fraction of sp³-hybridized carbons (Fsp3) is 0.750. The molecule has 1 N–H and O–H groups in total. The van der Waals surface area contributed by atoms with Gasteiger partial charge in [-0.15, -0.1) is 0 Å². The van der Waals surface area contributed by atoms with Gasteiger partial charge < -0.3 is 10.2 Å². The zero-order valence-corrected chi connectivity index (χ0v) is 13.1. The van der Waals surface area contributed by atoms with Crippen LogP contribution in [0.4, 0.5) is 0 Å². The molecule has 1 amide bonds. The fourth-order valence-corrected chi connectivity index (χ4v) is 3.94. The lowest BCUT2D eigenvalue weighted by atomic mass is 9.89. The molecular formula is C16H26N4O. The molecule has 2 aliphatic rings. The van der Waals surface area contributed by atoms with E-state index in [1.54, 1.807) is 0 Å². The molecule has 1 aliphatic carbocycles. The van der Waals surface area contributed by atoms with Gasteiger partial charge >= 0.3 is 0 Å². The molecule has 1 aromatic heterocycles. The summed E-state index contributed by atoms with van der Waals surface area (Å²) in [7, 11) is 1.93. The number of hydrogen-bond acceptors (Lipinski definition) is 3. The maximum Gasteiger partial charge on any atom is 0.227 e. The summed E-state index contributed by atoms with van der Waals surface area (Å²) in [6, 6.07) is 0.470. The number of nitrogens with zero attached hydrogens (tertiary/aromatic N) is 3. The van der Waals surface area contributed by atoms with Crippen LogP contribution in [-0.4, -0.2) is 46.3 Å². The van der Waals surface area contributed by atoms with Crippen LogP contribution in [0.1, 0.15) is 44.1 Å². The quantitative estimate of drug-likeness (QED) is 0.914. The van der Waals surface area contributed by atoms with Crippen molar-refractivity contribution in [2.75, 3.05) is 19.6 Å². The summed E-state index contributed by atoms with van der Waals surface area (Å²) < 4.78 is 1.82. The monoisotopic (exact) mass is 290 g/mol. The van der Waals surface area contributed by atoms with E-state index in [2.05, 4.69) is 22.2 Å². The van der Waals surface area contributed by atoms with Gasteiger partial charge in [0.05, 0.1) is 12.1 Å². The summed E-state index contributed by atoms with van der Waals surface area (Å²) in [4.78, 5) is 15.1. The van der Waals surface area contributed by atoms with E-state index in [1.807, 2.05) is 24.1 Å². The number of rotatable bonds is 4. The van der Waals surface area contributed by atoms with Gasteiger partial charge in [0.2, 0.25) is 5.91 Å². The zero-order chi connectivity index (χ0) is 14.8. The smallest absolute Gasteiger partial charge is 0.227 e. The van der Waals surface area contributed by atoms with Crippen molar-refractivity contribution in [1.82, 2.24) is 20.0 Å². The number of carbonyl (C=O) groups is 1. The van der Waals surface area contributed by atoms with Crippen molar-refractivity contribution >= 4 is 5.91 Å². The summed E-state index contributed by atoms with van der Waals surface area (Å²) in [5.74, 6) is 0.666. The third kappa shape index (κ3) is 2.84. The van der Waals surface area contributed by atoms with Crippen LogP contribution in [-0.2, 0) is 11.8 Å². The van der Waals surface area contributed by atoms with E-state index < -0.39 is 0 Å². The van der Waals surface area contributed by atoms with E-state index in [-0.39, 0.29) is 11.8 Å². The molecule has 2 heterocycles. The van der Waals surface area contributed by atoms with Crippen LogP contribution in [0.25, 0.3) is 0 Å². The minimum atomic E-state index is 0.0646. The molecule has 5 heteroatoms. The number of aryl methyl sites for hydroxylation is 1. The highest BCUT2D eigenvalue weighted by molar-refractivity contribution is 5.81. The van der Waals surface area contributed by atoms with Crippen molar-refractivity contribution in [2.24, 2.45) is 13.0 Å². The van der Waals surface area contributed by atoms with Crippen molar-refractivity contribution in [3.8, 4) is 0 Å². The van der Waals surface area contributed by atoms with Gasteiger partial charge in [-0.05, 0) is 25.3 Å². The first kappa shape index (κ1) is 14.6. The lowest BCUT2D eigenvalue weighted by Crippen LogP contribution is -2.44. The summed E-state index contributed by atoms with van der Waals surface area (Å²) in [5, 5.41) is 7.66. The minimum absolute atomic E-state index is 0.0646. The predicted molar refractivity (Wildman–Crippen MR) is 82.0 cm³/mol. The third-order valence-corrected chi connectivity index (χ3v) is 5.07. The first-order valence-electron chi connectivity index (χ1n) is 8.20. The van der Waals surface area contributed by atoms with E-state index in [4.69, 9.17) is 0 Å². The first-order chi connectivity index (χ1) is 10.2. The van der Waals surface area contributed by atoms with E-state index in [1.165, 1.54) is 31.2 Å². The van der Waals surface area contributed by atoms with E-state index in [0.29, 0.717) is 11.9 Å². The van der Waals surface area contributed by atoms with Gasteiger partial charge in [0.15, 0.2) is 0 Å². The Morgan fingerprint density at radius 1 is 1.43 bits per heavy atom. The summed E-state index contributed by atoms with van der Waals surface area (Å²) in [6.07, 6.45) is 8.84. The SMILES string of the molecule is CCN(C(=O)[C@H]1CNC[C@@H]1c1cnn(C)c1)C1CCCC1. The van der Waals surface area contributed by atoms with Gasteiger partial charge in [-0.3, -0.25) is 9.48 Å². The van der Waals surface area contributed by atoms with E-state index in [0.717, 1.165) is 19.6 Å². The lowest BCUT2D eigenvalue weighted by molar-refractivity contribution is -0.137. The number of nitrogens with one attached hydrogen (secondary N) is 1. The van der Waals surface area contributed by atoms with Crippen molar-refractivity contribution in [2.45, 2.75) is 44.6 Å². The Morgan fingerprint density at radius 3 is 2.81 bits per heavy atom. The molecular weight excluding hydrogens is 264 g/mol. The van der Waals surface area contributed by atoms with Crippen molar-refractivity contribution in [1.29, 1.82) is 0 Å². The zero-order valence-electron chi connectivity index (χ0n) is 13.1. The Labute approximate surface area is 126 Å². The van der Waals surface area contributed by atoms with Crippen molar-refractivity contribution in [3.63, 3.8) is 0 Å². The van der Waals surface area contributed by atoms with Crippen LogP contribution in [0.5, 0.6) is 0 Å². The van der Waals surface area contributed by atoms with Gasteiger partial charge in [0.1, 0.15) is 0 Å². The number of hydrogen-bond donors (Lipinski definition) is 1. The maximum absolute atomic E-state index is 13.0. The largest absolute Gasteiger partial charge is 0.340 e. The molecule has 1 aromatic rings. The first-order valence-corrected chi connectivity index (χ1v) is 8.20. The Bertz CT molecular complexity index is 492. The molecule has 1 aliphatic heterocycles. The second-order valence-electron chi connectivity index (χ2n) is 6.38. The van der Waals surface area contributed by atoms with Crippen LogP contribution in [0.2, 0.25) is 0 Å². The van der Waals surface area contributed by atoms with Gasteiger partial charge in [-0.1, -0.05) is 12.8 Å². The standard InChI is InChI=1S/C16H26N4O/c1-3-20(13-6-4-5-7-13)16(21)15-10-17-9-14(15)12-8-18-19(2)11-12/h8,11,13-15,17H,3-7,9-10H2,1-2H3/t14-,15+/m1/s1. The molecule has 0 aromatic carbocycles. The average Bonchev–Trinajstić information content (AvgIpc) is 3.19. The normalized spacial score (nSPS) is 26.4. The van der Waals surface area contributed by atoms with E-state index in [9.17, 15) is 4.79 Å². The molecule has 1 saturated heterocycles. The second kappa shape index (κ2) is 6.18. The van der Waals surface area contributed by atoms with Crippen LogP contribution in [0, 0.1) is 5.92 Å². The van der Waals surface area contributed by atoms with Gasteiger partial charge in [-0.25, -0.2) is 0 Å². The van der Waals surface area contributed by atoms with Crippen LogP contribution in [0.15, 0.2) is 12.4 Å². The summed E-state index contributed by atoms with van der Waals surface area (Å²) in [5.41, 5.74) is 1.18. The molecule has 3 rings (SSSR count). The molecule has 116 valence electrons. The van der Waals surface area contributed by atoms with Gasteiger partial charge in [0.25, 0.3) is 0 Å². The molecule has 0 radical (unpaired) electrons. The van der Waals surface area contributed by atoms with E-state index >= 15 is 0 Å². The molecule has 0 unspecified atom stereocenters. The second-order valence-corrected chi connectivity index (χ2v) is 6.38. The topological polar surface area (TPSA) is 50.2 Å². The average molecular weight is 290 g/mol. The number of aromatic nitrogens is 2. The molecule has 0 spiro atoms. The molecule has 1 saturated carbocycles. The van der Waals surface area contributed by atoms with Crippen molar-refractivity contribution in [3.05, 3.63) is 18.0 Å². The highest BCUT2D eigenvalue weighted by Gasteiger charge is 2.38. The Hall–Kier alpha value is -1.36. The molecule has 21 heavy (non-hydrogen) atoms. The van der Waals surface area contributed by atoms with Crippen LogP contribution in [0.3, 0.4) is 0 Å². The lowest BCUT2D eigenvalue weighted by Gasteiger charge is -2.31. The fourth-order valence-electron chi connectivity index (χ4n) is 3.94. The Balaban J connectivity index is 1.75. The highest BCUT2D eigenvalue weighted by Crippen LogP contribution is 2.32. The van der Waals surface area contributed by atoms with Crippen LogP contribution < -0.4 is 5.32 Å². The molecule has 2 atom stereocenters. The van der Waals surface area contributed by atoms with Crippen molar-refractivity contribution < 1.29 is 4.79 Å². The number of amides is 1. The predicted octanol–water partition coefficient (Wildman–Crippen LogP) is 1.51. The Morgan fingerprint density at radius 2 is 2.19 bits per heavy atom. The molecule has 2 fully saturated rings. The molecule has 5 nitrogen and oxygen atoms in total. The number of carbonyl (C=O) groups excluding carboxylic acids is 1. The minimum Gasteiger partial charge on any atom is -0.340 e. The third-order valence-electron chi connectivity index (χ3n) is 5.07. The van der Waals surface area contributed by atoms with Crippen LogP contribution >= 0.6 is 0 Å². The van der Waals surface area contributed by atoms with Gasteiger partial charge in [0, 0.05) is 44.8 Å². The molecule has 0 bridgehead atoms. The Kier molecular flexibility index (Phi) is 4.29. The maximum atomic E-state index is 13.0. The van der Waals surface area contributed by atoms with Gasteiger partial charge in [-0.2, -0.15) is 5.10 Å². The summed E-state index contributed by atoms with van der Waals surface area (Å²) in [6.45, 7) is 4.61. The highest BCUT2D eigenvalue weighted by atomic mass is 16.2.